The third-order valence-corrected chi connectivity index (χ3v) is 6.89. The van der Waals surface area contributed by atoms with Crippen molar-refractivity contribution in [1.82, 2.24) is 4.90 Å². The van der Waals surface area contributed by atoms with E-state index >= 15 is 0 Å². The average Bonchev–Trinajstić information content (AvgIpc) is 2.72. The summed E-state index contributed by atoms with van der Waals surface area (Å²) in [6.07, 6.45) is 2.92. The lowest BCUT2D eigenvalue weighted by Crippen LogP contribution is -2.16. The van der Waals surface area contributed by atoms with E-state index in [0.717, 1.165) is 31.6 Å². The number of nitrogens with zero attached hydrogens (tertiary/aromatic N) is 1. The van der Waals surface area contributed by atoms with Gasteiger partial charge in [0.1, 0.15) is 10.6 Å². The molecule has 0 unspecified atom stereocenters. The molecule has 0 radical (unpaired) electrons. The van der Waals surface area contributed by atoms with Gasteiger partial charge < -0.3 is 15.0 Å². The number of nitrogens with one attached hydrogen (secondary N) is 1. The summed E-state index contributed by atoms with van der Waals surface area (Å²) in [5, 5.41) is 8.87. The Morgan fingerprint density at radius 2 is 1.90 bits per heavy atom. The molecule has 0 saturated heterocycles. The molecule has 2 aromatic carbocycles. The van der Waals surface area contributed by atoms with Crippen LogP contribution in [0.15, 0.2) is 47.4 Å². The standard InChI is InChI=1S/C22H31N3O3S3/c1-4-5-12-24-19-15-17(22(29)30-14-9-13-25(2)3)16-20(31(23,26)27)21(19)28-18-10-7-6-8-11-18/h6-8,10-11,15-16,24H,4-5,9,12-14H2,1-3H3,(H2,23,26,27). The first kappa shape index (κ1) is 25.6. The van der Waals surface area contributed by atoms with Crippen molar-refractivity contribution >= 4 is 43.9 Å². The third-order valence-electron chi connectivity index (χ3n) is 4.39. The lowest BCUT2D eigenvalue weighted by molar-refractivity contribution is 0.410. The number of anilines is 1. The van der Waals surface area contributed by atoms with Gasteiger partial charge in [-0.05, 0) is 57.7 Å². The highest BCUT2D eigenvalue weighted by atomic mass is 32.2. The van der Waals surface area contributed by atoms with Gasteiger partial charge >= 0.3 is 0 Å². The van der Waals surface area contributed by atoms with E-state index in [0.29, 0.717) is 27.7 Å². The van der Waals surface area contributed by atoms with Gasteiger partial charge in [0, 0.05) is 17.9 Å². The minimum Gasteiger partial charge on any atom is -0.454 e. The highest BCUT2D eigenvalue weighted by Crippen LogP contribution is 2.38. The zero-order valence-corrected chi connectivity index (χ0v) is 20.7. The number of primary sulfonamides is 1. The fourth-order valence-corrected chi connectivity index (χ4v) is 4.62. The molecule has 0 fully saturated rings. The molecule has 6 nitrogen and oxygen atoms in total. The molecular formula is C22H31N3O3S3. The second-order valence-electron chi connectivity index (χ2n) is 7.38. The van der Waals surface area contributed by atoms with Crippen molar-refractivity contribution in [1.29, 1.82) is 0 Å². The van der Waals surface area contributed by atoms with E-state index in [1.165, 1.54) is 17.8 Å². The number of rotatable bonds is 12. The summed E-state index contributed by atoms with van der Waals surface area (Å²) in [5.41, 5.74) is 1.21. The largest absolute Gasteiger partial charge is 0.454 e. The number of unbranched alkanes of at least 4 members (excludes halogenated alkanes) is 1. The van der Waals surface area contributed by atoms with E-state index in [2.05, 4.69) is 17.1 Å². The van der Waals surface area contributed by atoms with Crippen LogP contribution in [-0.4, -0.2) is 50.5 Å². The van der Waals surface area contributed by atoms with E-state index in [1.54, 1.807) is 12.1 Å². The summed E-state index contributed by atoms with van der Waals surface area (Å²) in [4.78, 5) is 2.04. The van der Waals surface area contributed by atoms with Crippen molar-refractivity contribution in [3.63, 3.8) is 0 Å². The van der Waals surface area contributed by atoms with Gasteiger partial charge in [-0.3, -0.25) is 0 Å². The Hall–Kier alpha value is -1.65. The number of benzene rings is 2. The number of thiocarbonyl (C=S) groups is 1. The molecular weight excluding hydrogens is 450 g/mol. The molecule has 0 aliphatic carbocycles. The third kappa shape index (κ3) is 8.42. The number of nitrogens with two attached hydrogens (primary N) is 1. The Bertz CT molecular complexity index is 965. The van der Waals surface area contributed by atoms with Gasteiger partial charge in [0.15, 0.2) is 5.75 Å². The van der Waals surface area contributed by atoms with Gasteiger partial charge in [0.2, 0.25) is 10.0 Å². The highest BCUT2D eigenvalue weighted by molar-refractivity contribution is 8.23. The first-order chi connectivity index (χ1) is 14.7. The number of hydrogen-bond acceptors (Lipinski definition) is 7. The average molecular weight is 482 g/mol. The van der Waals surface area contributed by atoms with E-state index in [9.17, 15) is 8.42 Å². The Balaban J connectivity index is 2.41. The summed E-state index contributed by atoms with van der Waals surface area (Å²) < 4.78 is 31.5. The highest BCUT2D eigenvalue weighted by Gasteiger charge is 2.23. The van der Waals surface area contributed by atoms with Crippen molar-refractivity contribution in [2.24, 2.45) is 5.14 Å². The summed E-state index contributed by atoms with van der Waals surface area (Å²) in [5.74, 6) is 1.57. The molecule has 170 valence electrons. The molecule has 3 N–H and O–H groups in total. The van der Waals surface area contributed by atoms with Gasteiger partial charge in [-0.15, -0.1) is 11.8 Å². The lowest BCUT2D eigenvalue weighted by Gasteiger charge is -2.18. The van der Waals surface area contributed by atoms with Gasteiger partial charge in [-0.1, -0.05) is 43.8 Å². The second kappa shape index (κ2) is 12.4. The molecule has 0 spiro atoms. The molecule has 0 atom stereocenters. The topological polar surface area (TPSA) is 84.7 Å². The molecule has 0 heterocycles. The second-order valence-corrected chi connectivity index (χ2v) is 10.7. The van der Waals surface area contributed by atoms with E-state index in [4.69, 9.17) is 22.1 Å². The maximum atomic E-state index is 12.5. The quantitative estimate of drug-likeness (QED) is 0.336. The lowest BCUT2D eigenvalue weighted by atomic mass is 10.2. The molecule has 2 aromatic rings. The zero-order chi connectivity index (χ0) is 22.9. The van der Waals surface area contributed by atoms with E-state index in [1.807, 2.05) is 38.4 Å². The van der Waals surface area contributed by atoms with Crippen LogP contribution in [0.4, 0.5) is 5.69 Å². The molecule has 0 aliphatic rings. The van der Waals surface area contributed by atoms with Gasteiger partial charge in [0.25, 0.3) is 0 Å². The summed E-state index contributed by atoms with van der Waals surface area (Å²) in [6.45, 7) is 3.73. The first-order valence-electron chi connectivity index (χ1n) is 10.2. The Kier molecular flexibility index (Phi) is 10.2. The van der Waals surface area contributed by atoms with Crippen molar-refractivity contribution in [3.8, 4) is 11.5 Å². The number of ether oxygens (including phenoxy) is 1. The first-order valence-corrected chi connectivity index (χ1v) is 13.2. The smallest absolute Gasteiger partial charge is 0.241 e. The summed E-state index contributed by atoms with van der Waals surface area (Å²) in [7, 11) is 0.0181. The molecule has 9 heteroatoms. The van der Waals surface area contributed by atoms with Crippen molar-refractivity contribution in [2.75, 3.05) is 38.3 Å². The van der Waals surface area contributed by atoms with Gasteiger partial charge in [-0.2, -0.15) is 0 Å². The fourth-order valence-electron chi connectivity index (χ4n) is 2.80. The maximum Gasteiger partial charge on any atom is 0.241 e. The monoisotopic (exact) mass is 481 g/mol. The Morgan fingerprint density at radius 3 is 2.52 bits per heavy atom. The van der Waals surface area contributed by atoms with Crippen LogP contribution in [0, 0.1) is 0 Å². The number of sulfonamides is 1. The molecule has 0 amide bonds. The van der Waals surface area contributed by atoms with Crippen LogP contribution in [0.25, 0.3) is 0 Å². The van der Waals surface area contributed by atoms with Crippen molar-refractivity contribution < 1.29 is 13.2 Å². The van der Waals surface area contributed by atoms with Gasteiger partial charge in [-0.25, -0.2) is 13.6 Å². The maximum absolute atomic E-state index is 12.5. The fraction of sp³-hybridized carbons (Fsp3) is 0.409. The Morgan fingerprint density at radius 1 is 1.19 bits per heavy atom. The van der Waals surface area contributed by atoms with Crippen LogP contribution < -0.4 is 15.2 Å². The van der Waals surface area contributed by atoms with Crippen LogP contribution in [0.3, 0.4) is 0 Å². The number of thioether (sulfide) groups is 1. The number of hydrogen-bond donors (Lipinski definition) is 2. The summed E-state index contributed by atoms with van der Waals surface area (Å²) in [6, 6.07) is 12.4. The predicted octanol–water partition coefficient (Wildman–Crippen LogP) is 4.70. The van der Waals surface area contributed by atoms with Crippen LogP contribution in [-0.2, 0) is 10.0 Å². The van der Waals surface area contributed by atoms with Gasteiger partial charge in [0.05, 0.1) is 9.88 Å². The molecule has 0 aromatic heterocycles. The normalized spacial score (nSPS) is 11.5. The zero-order valence-electron chi connectivity index (χ0n) is 18.3. The van der Waals surface area contributed by atoms with Crippen LogP contribution in [0.1, 0.15) is 31.7 Å². The molecule has 0 bridgehead atoms. The van der Waals surface area contributed by atoms with Crippen molar-refractivity contribution in [3.05, 3.63) is 48.0 Å². The number of para-hydroxylation sites is 1. The minimum absolute atomic E-state index is 0.0795. The van der Waals surface area contributed by atoms with E-state index in [-0.39, 0.29) is 10.6 Å². The SMILES string of the molecule is CCCCNc1cc(C(=S)SCCCN(C)C)cc(S(N)(=O)=O)c1Oc1ccccc1. The molecule has 2 rings (SSSR count). The summed E-state index contributed by atoms with van der Waals surface area (Å²) >= 11 is 7.13. The molecule has 0 saturated carbocycles. The minimum atomic E-state index is -4.04. The van der Waals surface area contributed by atoms with Crippen LogP contribution >= 0.6 is 24.0 Å². The Labute approximate surface area is 195 Å². The van der Waals surface area contributed by atoms with E-state index < -0.39 is 10.0 Å². The predicted molar refractivity (Wildman–Crippen MR) is 135 cm³/mol. The van der Waals surface area contributed by atoms with Crippen molar-refractivity contribution in [2.45, 2.75) is 31.1 Å². The molecule has 0 aliphatic heterocycles. The van der Waals surface area contributed by atoms with Crippen LogP contribution in [0.5, 0.6) is 11.5 Å². The van der Waals surface area contributed by atoms with Crippen LogP contribution in [0.2, 0.25) is 0 Å². The molecule has 31 heavy (non-hydrogen) atoms.